The Balaban J connectivity index is 1.90. The van der Waals surface area contributed by atoms with Crippen molar-refractivity contribution >= 4 is 17.7 Å². The van der Waals surface area contributed by atoms with Crippen LogP contribution in [0, 0.1) is 5.92 Å². The standard InChI is InChI=1S/C15H27NO5S/c1-15(2)16-11(5-6-21-15)13(14(16)17)12(9-22-4)20-10-19-8-7-18-3/h11-13H,5-10H2,1-4H3/t11-,12?,13-/m1/s1. The van der Waals surface area contributed by atoms with Crippen LogP contribution in [0.3, 0.4) is 0 Å². The Kier molecular flexibility index (Phi) is 6.52. The average molecular weight is 333 g/mol. The summed E-state index contributed by atoms with van der Waals surface area (Å²) in [5, 5.41) is 0. The van der Waals surface area contributed by atoms with E-state index < -0.39 is 5.72 Å². The maximum Gasteiger partial charge on any atom is 0.232 e. The lowest BCUT2D eigenvalue weighted by Gasteiger charge is -2.58. The maximum atomic E-state index is 12.6. The molecule has 0 aromatic rings. The summed E-state index contributed by atoms with van der Waals surface area (Å²) < 4.78 is 21.8. The van der Waals surface area contributed by atoms with Gasteiger partial charge in [-0.2, -0.15) is 11.8 Å². The normalized spacial score (nSPS) is 28.2. The molecule has 2 heterocycles. The topological polar surface area (TPSA) is 57.2 Å². The number of thioether (sulfide) groups is 1. The molecule has 0 aliphatic carbocycles. The van der Waals surface area contributed by atoms with Crippen LogP contribution in [-0.4, -0.2) is 74.4 Å². The molecule has 7 heteroatoms. The van der Waals surface area contributed by atoms with E-state index in [0.29, 0.717) is 19.8 Å². The zero-order valence-corrected chi connectivity index (χ0v) is 14.7. The van der Waals surface area contributed by atoms with Crippen molar-refractivity contribution in [2.45, 2.75) is 38.1 Å². The molecule has 3 atom stereocenters. The highest BCUT2D eigenvalue weighted by Crippen LogP contribution is 2.42. The first-order chi connectivity index (χ1) is 10.5. The van der Waals surface area contributed by atoms with Gasteiger partial charge < -0.3 is 23.8 Å². The molecule has 2 aliphatic heterocycles. The molecule has 128 valence electrons. The Morgan fingerprint density at radius 2 is 2.23 bits per heavy atom. The fourth-order valence-electron chi connectivity index (χ4n) is 3.20. The lowest BCUT2D eigenvalue weighted by molar-refractivity contribution is -0.246. The van der Waals surface area contributed by atoms with Gasteiger partial charge >= 0.3 is 0 Å². The van der Waals surface area contributed by atoms with Gasteiger partial charge in [-0.25, -0.2) is 0 Å². The molecule has 1 unspecified atom stereocenters. The van der Waals surface area contributed by atoms with Crippen LogP contribution in [0.4, 0.5) is 0 Å². The summed E-state index contributed by atoms with van der Waals surface area (Å²) in [5.41, 5.74) is -0.505. The predicted octanol–water partition coefficient (Wildman–Crippen LogP) is 1.34. The van der Waals surface area contributed by atoms with Gasteiger partial charge in [0.05, 0.1) is 37.9 Å². The molecule has 22 heavy (non-hydrogen) atoms. The Morgan fingerprint density at radius 1 is 1.45 bits per heavy atom. The number of carbonyl (C=O) groups excluding carboxylic acids is 1. The summed E-state index contributed by atoms with van der Waals surface area (Å²) in [5.74, 6) is 0.836. The summed E-state index contributed by atoms with van der Waals surface area (Å²) in [6, 6.07) is 0.215. The second-order valence-electron chi connectivity index (χ2n) is 6.06. The molecule has 0 radical (unpaired) electrons. The molecule has 2 fully saturated rings. The summed E-state index contributed by atoms with van der Waals surface area (Å²) >= 11 is 1.69. The Hall–Kier alpha value is -0.340. The van der Waals surface area contributed by atoms with Gasteiger partial charge in [0.15, 0.2) is 0 Å². The molecule has 6 nitrogen and oxygen atoms in total. The molecule has 0 bridgehead atoms. The lowest BCUT2D eigenvalue weighted by Crippen LogP contribution is -2.74. The summed E-state index contributed by atoms with van der Waals surface area (Å²) in [4.78, 5) is 14.4. The van der Waals surface area contributed by atoms with E-state index in [9.17, 15) is 4.79 Å². The third-order valence-corrected chi connectivity index (χ3v) is 4.91. The van der Waals surface area contributed by atoms with Crippen molar-refractivity contribution in [2.75, 3.05) is 45.7 Å². The fraction of sp³-hybridized carbons (Fsp3) is 0.933. The zero-order valence-electron chi connectivity index (χ0n) is 13.9. The highest BCUT2D eigenvalue weighted by molar-refractivity contribution is 7.98. The molecule has 0 aromatic carbocycles. The van der Waals surface area contributed by atoms with Crippen molar-refractivity contribution < 1.29 is 23.7 Å². The van der Waals surface area contributed by atoms with E-state index >= 15 is 0 Å². The Morgan fingerprint density at radius 3 is 2.91 bits per heavy atom. The van der Waals surface area contributed by atoms with Gasteiger partial charge in [0.1, 0.15) is 12.5 Å². The van der Waals surface area contributed by atoms with Crippen molar-refractivity contribution in [3.05, 3.63) is 0 Å². The van der Waals surface area contributed by atoms with Gasteiger partial charge in [-0.05, 0) is 26.5 Å². The Bertz CT molecular complexity index is 379. The zero-order chi connectivity index (χ0) is 16.2. The minimum Gasteiger partial charge on any atom is -0.382 e. The first-order valence-electron chi connectivity index (χ1n) is 7.67. The number of hydrogen-bond acceptors (Lipinski definition) is 6. The first-order valence-corrected chi connectivity index (χ1v) is 9.06. The van der Waals surface area contributed by atoms with Crippen LogP contribution >= 0.6 is 11.8 Å². The van der Waals surface area contributed by atoms with E-state index in [-0.39, 0.29) is 30.8 Å². The van der Waals surface area contributed by atoms with Crippen LogP contribution in [0.1, 0.15) is 20.3 Å². The minimum absolute atomic E-state index is 0.0818. The molecule has 0 spiro atoms. The number of nitrogens with zero attached hydrogens (tertiary/aromatic N) is 1. The van der Waals surface area contributed by atoms with Crippen molar-refractivity contribution in [1.82, 2.24) is 4.90 Å². The van der Waals surface area contributed by atoms with E-state index in [1.165, 1.54) is 0 Å². The molecule has 2 rings (SSSR count). The Labute approximate surface area is 136 Å². The van der Waals surface area contributed by atoms with Gasteiger partial charge in [0, 0.05) is 12.9 Å². The van der Waals surface area contributed by atoms with Gasteiger partial charge in [-0.1, -0.05) is 0 Å². The highest BCUT2D eigenvalue weighted by Gasteiger charge is 2.58. The molecule has 2 aliphatic rings. The number of fused-ring (bicyclic) bond motifs is 1. The lowest BCUT2D eigenvalue weighted by atomic mass is 9.78. The predicted molar refractivity (Wildman–Crippen MR) is 84.7 cm³/mol. The quantitative estimate of drug-likeness (QED) is 0.361. The van der Waals surface area contributed by atoms with Crippen molar-refractivity contribution in [2.24, 2.45) is 5.92 Å². The number of hydrogen-bond donors (Lipinski definition) is 0. The van der Waals surface area contributed by atoms with E-state index in [1.54, 1.807) is 18.9 Å². The third kappa shape index (κ3) is 3.76. The second kappa shape index (κ2) is 7.97. The van der Waals surface area contributed by atoms with E-state index in [4.69, 9.17) is 18.9 Å². The fourth-order valence-corrected chi connectivity index (χ4v) is 3.83. The van der Waals surface area contributed by atoms with Crippen molar-refractivity contribution in [1.29, 1.82) is 0 Å². The van der Waals surface area contributed by atoms with Crippen LogP contribution in [0.15, 0.2) is 0 Å². The molecule has 2 saturated heterocycles. The summed E-state index contributed by atoms with van der Waals surface area (Å²) in [7, 11) is 1.63. The molecular weight excluding hydrogens is 306 g/mol. The second-order valence-corrected chi connectivity index (χ2v) is 6.98. The van der Waals surface area contributed by atoms with Crippen LogP contribution in [0.5, 0.6) is 0 Å². The van der Waals surface area contributed by atoms with Gasteiger partial charge in [-0.3, -0.25) is 4.79 Å². The molecular formula is C15H27NO5S. The van der Waals surface area contributed by atoms with Gasteiger partial charge in [-0.15, -0.1) is 0 Å². The van der Waals surface area contributed by atoms with E-state index in [2.05, 4.69) is 0 Å². The van der Waals surface area contributed by atoms with Gasteiger partial charge in [0.25, 0.3) is 0 Å². The number of ether oxygens (including phenoxy) is 4. The number of methoxy groups -OCH3 is 1. The SMILES string of the molecule is COCCOCOC(CSC)[C@@H]1C(=O)N2[C@@H]1CCOC2(C)C. The summed E-state index contributed by atoms with van der Waals surface area (Å²) in [6.07, 6.45) is 2.79. The van der Waals surface area contributed by atoms with Crippen LogP contribution < -0.4 is 0 Å². The monoisotopic (exact) mass is 333 g/mol. The number of carbonyl (C=O) groups is 1. The van der Waals surface area contributed by atoms with Gasteiger partial charge in [0.2, 0.25) is 5.91 Å². The van der Waals surface area contributed by atoms with E-state index in [0.717, 1.165) is 12.2 Å². The highest BCUT2D eigenvalue weighted by atomic mass is 32.2. The maximum absolute atomic E-state index is 12.6. The largest absolute Gasteiger partial charge is 0.382 e. The van der Waals surface area contributed by atoms with Crippen molar-refractivity contribution in [3.63, 3.8) is 0 Å². The minimum atomic E-state index is -0.505. The average Bonchev–Trinajstić information content (AvgIpc) is 2.45. The van der Waals surface area contributed by atoms with Crippen LogP contribution in [0.2, 0.25) is 0 Å². The number of rotatable bonds is 9. The van der Waals surface area contributed by atoms with Crippen LogP contribution in [-0.2, 0) is 23.7 Å². The van der Waals surface area contributed by atoms with Crippen molar-refractivity contribution in [3.8, 4) is 0 Å². The molecule has 1 amide bonds. The number of β-lactam (4-membered cyclic amide) rings is 1. The first kappa shape index (κ1) is 18.0. The summed E-state index contributed by atoms with van der Waals surface area (Å²) in [6.45, 7) is 5.83. The smallest absolute Gasteiger partial charge is 0.232 e. The number of amides is 1. The van der Waals surface area contributed by atoms with Crippen LogP contribution in [0.25, 0.3) is 0 Å². The molecule has 0 N–H and O–H groups in total. The molecule has 0 saturated carbocycles. The molecule has 0 aromatic heterocycles. The third-order valence-electron chi connectivity index (χ3n) is 4.25. The van der Waals surface area contributed by atoms with E-state index in [1.807, 2.05) is 25.0 Å².